The highest BCUT2D eigenvalue weighted by atomic mass is 35.5. The summed E-state index contributed by atoms with van der Waals surface area (Å²) in [5.41, 5.74) is 3.81. The molecule has 0 bridgehead atoms. The first kappa shape index (κ1) is 11.8. The van der Waals surface area contributed by atoms with Crippen LogP contribution < -0.4 is 0 Å². The molecule has 1 aromatic carbocycles. The molecule has 1 atom stereocenters. The molecule has 1 heterocycles. The Morgan fingerprint density at radius 2 is 2.00 bits per heavy atom. The van der Waals surface area contributed by atoms with Gasteiger partial charge in [0.05, 0.1) is 17.3 Å². The average molecular weight is 261 g/mol. The lowest BCUT2D eigenvalue weighted by Gasteiger charge is -2.32. The van der Waals surface area contributed by atoms with Crippen LogP contribution in [0.5, 0.6) is 0 Å². The number of hydrogen-bond donors (Lipinski definition) is 0. The topological polar surface area (TPSA) is 17.8 Å². The van der Waals surface area contributed by atoms with Crippen LogP contribution in [0.3, 0.4) is 0 Å². The second-order valence-electron chi connectivity index (χ2n) is 5.81. The second-order valence-corrected chi connectivity index (χ2v) is 6.33. The van der Waals surface area contributed by atoms with Gasteiger partial charge in [-0.05, 0) is 30.4 Å². The number of alkyl halides is 1. The fourth-order valence-corrected chi connectivity index (χ4v) is 3.34. The first-order chi connectivity index (χ1) is 8.57. The van der Waals surface area contributed by atoms with Gasteiger partial charge in [-0.2, -0.15) is 5.10 Å². The van der Waals surface area contributed by atoms with Crippen LogP contribution in [0, 0.1) is 5.41 Å². The molecule has 0 radical (unpaired) electrons. The summed E-state index contributed by atoms with van der Waals surface area (Å²) in [5, 5.41) is 4.60. The molecule has 3 heteroatoms. The molecule has 1 aromatic heterocycles. The summed E-state index contributed by atoms with van der Waals surface area (Å²) < 4.78 is 2.03. The second kappa shape index (κ2) is 4.13. The number of rotatable bonds is 1. The molecular formula is C15H17ClN2. The molecule has 0 spiro atoms. The van der Waals surface area contributed by atoms with E-state index in [9.17, 15) is 0 Å². The van der Waals surface area contributed by atoms with Crippen molar-refractivity contribution < 1.29 is 0 Å². The zero-order valence-electron chi connectivity index (χ0n) is 10.7. The Morgan fingerprint density at radius 1 is 1.28 bits per heavy atom. The molecule has 0 fully saturated rings. The van der Waals surface area contributed by atoms with Crippen molar-refractivity contribution in [2.45, 2.75) is 32.1 Å². The Bertz CT molecular complexity index is 557. The summed E-state index contributed by atoms with van der Waals surface area (Å²) in [4.78, 5) is 0. The number of benzene rings is 1. The summed E-state index contributed by atoms with van der Waals surface area (Å²) in [7, 11) is 0. The SMILES string of the molecule is CC1(C)Cc2c(cnn2-c2ccccc2)C(Cl)C1. The van der Waals surface area contributed by atoms with Gasteiger partial charge in [0, 0.05) is 11.3 Å². The third kappa shape index (κ3) is 1.95. The number of hydrogen-bond acceptors (Lipinski definition) is 1. The van der Waals surface area contributed by atoms with Gasteiger partial charge in [0.15, 0.2) is 0 Å². The summed E-state index contributed by atoms with van der Waals surface area (Å²) in [5.74, 6) is 0. The normalized spacial score (nSPS) is 21.6. The zero-order chi connectivity index (χ0) is 12.8. The maximum absolute atomic E-state index is 6.48. The Morgan fingerprint density at radius 3 is 2.72 bits per heavy atom. The van der Waals surface area contributed by atoms with E-state index >= 15 is 0 Å². The summed E-state index contributed by atoms with van der Waals surface area (Å²) in [6.07, 6.45) is 3.97. The van der Waals surface area contributed by atoms with E-state index in [1.165, 1.54) is 11.3 Å². The van der Waals surface area contributed by atoms with Crippen molar-refractivity contribution >= 4 is 11.6 Å². The van der Waals surface area contributed by atoms with Crippen molar-refractivity contribution in [2.75, 3.05) is 0 Å². The van der Waals surface area contributed by atoms with E-state index in [-0.39, 0.29) is 10.8 Å². The van der Waals surface area contributed by atoms with Gasteiger partial charge in [-0.3, -0.25) is 0 Å². The van der Waals surface area contributed by atoms with Crippen LogP contribution in [0.1, 0.15) is 36.9 Å². The summed E-state index contributed by atoms with van der Waals surface area (Å²) >= 11 is 6.48. The Balaban J connectivity index is 2.10. The van der Waals surface area contributed by atoms with Gasteiger partial charge in [-0.15, -0.1) is 11.6 Å². The molecule has 2 aromatic rings. The lowest BCUT2D eigenvalue weighted by Crippen LogP contribution is -2.25. The van der Waals surface area contributed by atoms with Crippen molar-refractivity contribution in [1.29, 1.82) is 0 Å². The molecule has 3 rings (SSSR count). The Kier molecular flexibility index (Phi) is 2.70. The van der Waals surface area contributed by atoms with Gasteiger partial charge in [-0.25, -0.2) is 4.68 Å². The summed E-state index contributed by atoms with van der Waals surface area (Å²) in [6.45, 7) is 4.54. The molecule has 0 N–H and O–H groups in total. The highest BCUT2D eigenvalue weighted by Crippen LogP contribution is 2.44. The highest BCUT2D eigenvalue weighted by Gasteiger charge is 2.34. The number of aromatic nitrogens is 2. The first-order valence-corrected chi connectivity index (χ1v) is 6.77. The van der Waals surface area contributed by atoms with Crippen LogP contribution >= 0.6 is 11.6 Å². The number of nitrogens with zero attached hydrogens (tertiary/aromatic N) is 2. The third-order valence-electron chi connectivity index (χ3n) is 3.62. The third-order valence-corrected chi connectivity index (χ3v) is 4.01. The lowest BCUT2D eigenvalue weighted by molar-refractivity contribution is 0.304. The first-order valence-electron chi connectivity index (χ1n) is 6.33. The maximum atomic E-state index is 6.48. The average Bonchev–Trinajstić information content (AvgIpc) is 2.72. The standard InChI is InChI=1S/C15H17ClN2/c1-15(2)8-13(16)12-10-17-18(14(12)9-15)11-6-4-3-5-7-11/h3-7,10,13H,8-9H2,1-2H3. The molecule has 18 heavy (non-hydrogen) atoms. The highest BCUT2D eigenvalue weighted by molar-refractivity contribution is 6.21. The molecule has 0 amide bonds. The van der Waals surface area contributed by atoms with Crippen LogP contribution in [-0.4, -0.2) is 9.78 Å². The fourth-order valence-electron chi connectivity index (χ4n) is 2.74. The van der Waals surface area contributed by atoms with Crippen molar-refractivity contribution in [3.05, 3.63) is 47.8 Å². The van der Waals surface area contributed by atoms with E-state index < -0.39 is 0 Å². The van der Waals surface area contributed by atoms with E-state index in [0.717, 1.165) is 18.5 Å². The van der Waals surface area contributed by atoms with Crippen LogP contribution in [0.25, 0.3) is 5.69 Å². The number of para-hydroxylation sites is 1. The minimum Gasteiger partial charge on any atom is -0.237 e. The molecule has 2 nitrogen and oxygen atoms in total. The lowest BCUT2D eigenvalue weighted by atomic mass is 9.76. The van der Waals surface area contributed by atoms with Crippen molar-refractivity contribution in [1.82, 2.24) is 9.78 Å². The molecule has 1 unspecified atom stereocenters. The number of fused-ring (bicyclic) bond motifs is 1. The molecule has 0 aliphatic heterocycles. The Labute approximate surface area is 113 Å². The van der Waals surface area contributed by atoms with Crippen molar-refractivity contribution in [3.63, 3.8) is 0 Å². The smallest absolute Gasteiger partial charge is 0.0648 e. The van der Waals surface area contributed by atoms with Gasteiger partial charge >= 0.3 is 0 Å². The Hall–Kier alpha value is -1.28. The van der Waals surface area contributed by atoms with Gasteiger partial charge in [0.2, 0.25) is 0 Å². The quantitative estimate of drug-likeness (QED) is 0.705. The van der Waals surface area contributed by atoms with Crippen LogP contribution in [0.15, 0.2) is 36.5 Å². The molecule has 0 saturated carbocycles. The molecule has 1 aliphatic carbocycles. The zero-order valence-corrected chi connectivity index (χ0v) is 11.5. The van der Waals surface area contributed by atoms with Gasteiger partial charge in [0.1, 0.15) is 0 Å². The monoisotopic (exact) mass is 260 g/mol. The van der Waals surface area contributed by atoms with Crippen LogP contribution in [0.2, 0.25) is 0 Å². The van der Waals surface area contributed by atoms with E-state index in [1.54, 1.807) is 0 Å². The largest absolute Gasteiger partial charge is 0.237 e. The van der Waals surface area contributed by atoms with E-state index in [2.05, 4.69) is 31.1 Å². The van der Waals surface area contributed by atoms with E-state index in [1.807, 2.05) is 29.1 Å². The minimum absolute atomic E-state index is 0.0845. The van der Waals surface area contributed by atoms with E-state index in [0.29, 0.717) is 0 Å². The van der Waals surface area contributed by atoms with Gasteiger partial charge in [-0.1, -0.05) is 32.0 Å². The van der Waals surface area contributed by atoms with Crippen molar-refractivity contribution in [2.24, 2.45) is 5.41 Å². The predicted molar refractivity (Wildman–Crippen MR) is 74.3 cm³/mol. The fraction of sp³-hybridized carbons (Fsp3) is 0.400. The molecule has 94 valence electrons. The van der Waals surface area contributed by atoms with Crippen molar-refractivity contribution in [3.8, 4) is 5.69 Å². The molecule has 0 saturated heterocycles. The van der Waals surface area contributed by atoms with E-state index in [4.69, 9.17) is 11.6 Å². The van der Waals surface area contributed by atoms with Crippen LogP contribution in [-0.2, 0) is 6.42 Å². The van der Waals surface area contributed by atoms with Crippen LogP contribution in [0.4, 0.5) is 0 Å². The van der Waals surface area contributed by atoms with Gasteiger partial charge in [0.25, 0.3) is 0 Å². The van der Waals surface area contributed by atoms with Gasteiger partial charge < -0.3 is 0 Å². The minimum atomic E-state index is 0.0845. The number of halogens is 1. The predicted octanol–water partition coefficient (Wildman–Crippen LogP) is 4.12. The molecular weight excluding hydrogens is 244 g/mol. The molecule has 1 aliphatic rings. The summed E-state index contributed by atoms with van der Waals surface area (Å²) in [6, 6.07) is 10.3. The maximum Gasteiger partial charge on any atom is 0.0648 e.